The number of ether oxygens (including phenoxy) is 1. The van der Waals surface area contributed by atoms with Crippen molar-refractivity contribution in [2.75, 3.05) is 26.1 Å². The fraction of sp³-hybridized carbons (Fsp3) is 0.267. The lowest BCUT2D eigenvalue weighted by atomic mass is 9.99. The number of aromatic nitrogens is 1. The van der Waals surface area contributed by atoms with Gasteiger partial charge in [0.15, 0.2) is 0 Å². The van der Waals surface area contributed by atoms with Gasteiger partial charge in [0.25, 0.3) is 0 Å². The van der Waals surface area contributed by atoms with Crippen molar-refractivity contribution in [1.82, 2.24) is 4.98 Å². The molecule has 0 radical (unpaired) electrons. The Morgan fingerprint density at radius 1 is 1.25 bits per heavy atom. The van der Waals surface area contributed by atoms with Crippen molar-refractivity contribution in [3.63, 3.8) is 0 Å². The zero-order valence-corrected chi connectivity index (χ0v) is 13.4. The quantitative estimate of drug-likeness (QED) is 0.932. The molecule has 1 aromatic carbocycles. The number of nitrogens with zero attached hydrogens (tertiary/aromatic N) is 2. The van der Waals surface area contributed by atoms with Crippen molar-refractivity contribution in [3.8, 4) is 16.9 Å². The lowest BCUT2D eigenvalue weighted by molar-refractivity contribution is 0.416. The van der Waals surface area contributed by atoms with Crippen LogP contribution in [0.25, 0.3) is 11.1 Å². The third-order valence-corrected chi connectivity index (χ3v) is 3.61. The number of rotatable bonds is 4. The maximum absolute atomic E-state index is 5.94. The Labute approximate surface area is 127 Å². The van der Waals surface area contributed by atoms with Gasteiger partial charge in [0, 0.05) is 42.4 Å². The number of benzene rings is 1. The van der Waals surface area contributed by atoms with Crippen molar-refractivity contribution in [1.29, 1.82) is 0 Å². The van der Waals surface area contributed by atoms with Gasteiger partial charge in [-0.15, -0.1) is 0 Å². The van der Waals surface area contributed by atoms with Gasteiger partial charge in [-0.25, -0.2) is 4.98 Å². The van der Waals surface area contributed by atoms with Gasteiger partial charge in [-0.05, 0) is 29.8 Å². The monoisotopic (exact) mass is 335 g/mol. The molecule has 4 nitrogen and oxygen atoms in total. The van der Waals surface area contributed by atoms with Crippen molar-refractivity contribution >= 4 is 21.7 Å². The summed E-state index contributed by atoms with van der Waals surface area (Å²) in [4.78, 5) is 6.37. The summed E-state index contributed by atoms with van der Waals surface area (Å²) in [6, 6.07) is 7.90. The van der Waals surface area contributed by atoms with Crippen LogP contribution >= 0.6 is 15.9 Å². The molecular weight excluding hydrogens is 318 g/mol. The summed E-state index contributed by atoms with van der Waals surface area (Å²) in [5.41, 5.74) is 9.00. The van der Waals surface area contributed by atoms with Crippen LogP contribution in [0.3, 0.4) is 0 Å². The highest BCUT2D eigenvalue weighted by Crippen LogP contribution is 2.36. The molecule has 5 heteroatoms. The van der Waals surface area contributed by atoms with Gasteiger partial charge in [0.05, 0.1) is 7.11 Å². The summed E-state index contributed by atoms with van der Waals surface area (Å²) in [6.45, 7) is 0.423. The van der Waals surface area contributed by atoms with Crippen molar-refractivity contribution in [2.24, 2.45) is 5.73 Å². The van der Waals surface area contributed by atoms with Gasteiger partial charge in [0.2, 0.25) is 0 Å². The molecule has 0 bridgehead atoms. The molecule has 0 saturated carbocycles. The molecule has 0 spiro atoms. The molecule has 2 aromatic rings. The maximum Gasteiger partial charge on any atom is 0.133 e. The van der Waals surface area contributed by atoms with Crippen molar-refractivity contribution < 1.29 is 4.74 Å². The topological polar surface area (TPSA) is 51.4 Å². The number of anilines is 1. The van der Waals surface area contributed by atoms with Crippen LogP contribution in [0.2, 0.25) is 0 Å². The van der Waals surface area contributed by atoms with Crippen LogP contribution in [0, 0.1) is 0 Å². The van der Waals surface area contributed by atoms with E-state index in [1.807, 2.05) is 43.3 Å². The van der Waals surface area contributed by atoms with Crippen LogP contribution in [-0.2, 0) is 6.54 Å². The molecule has 1 aromatic heterocycles. The smallest absolute Gasteiger partial charge is 0.133 e. The van der Waals surface area contributed by atoms with Crippen LogP contribution in [0.5, 0.6) is 5.75 Å². The summed E-state index contributed by atoms with van der Waals surface area (Å²) in [5, 5.41) is 0. The molecule has 20 heavy (non-hydrogen) atoms. The highest BCUT2D eigenvalue weighted by atomic mass is 79.9. The number of methoxy groups -OCH3 is 1. The average molecular weight is 336 g/mol. The third kappa shape index (κ3) is 2.78. The van der Waals surface area contributed by atoms with Crippen LogP contribution in [0.4, 0.5) is 5.82 Å². The second kappa shape index (κ2) is 6.24. The largest absolute Gasteiger partial charge is 0.496 e. The number of nitrogens with two attached hydrogens (primary N) is 1. The average Bonchev–Trinajstić information content (AvgIpc) is 2.46. The summed E-state index contributed by atoms with van der Waals surface area (Å²) >= 11 is 3.50. The van der Waals surface area contributed by atoms with Gasteiger partial charge >= 0.3 is 0 Å². The van der Waals surface area contributed by atoms with E-state index in [1.54, 1.807) is 13.3 Å². The van der Waals surface area contributed by atoms with Gasteiger partial charge in [-0.2, -0.15) is 0 Å². The second-order valence-electron chi connectivity index (χ2n) is 4.60. The first-order valence-electron chi connectivity index (χ1n) is 6.27. The van der Waals surface area contributed by atoms with Crippen LogP contribution in [-0.4, -0.2) is 26.2 Å². The Balaban J connectivity index is 2.69. The molecule has 0 unspecified atom stereocenters. The van der Waals surface area contributed by atoms with Crippen LogP contribution in [0.1, 0.15) is 5.56 Å². The van der Waals surface area contributed by atoms with Crippen LogP contribution in [0.15, 0.2) is 34.9 Å². The van der Waals surface area contributed by atoms with Crippen molar-refractivity contribution in [3.05, 3.63) is 40.5 Å². The Kier molecular flexibility index (Phi) is 4.62. The van der Waals surface area contributed by atoms with E-state index in [0.29, 0.717) is 6.54 Å². The molecule has 0 aliphatic heterocycles. The summed E-state index contributed by atoms with van der Waals surface area (Å²) in [7, 11) is 5.59. The normalized spacial score (nSPS) is 10.4. The number of pyridine rings is 1. The van der Waals surface area contributed by atoms with Gasteiger partial charge in [-0.3, -0.25) is 0 Å². The standard InChI is InChI=1S/C15H18BrN3O/c1-19(2)15-13(9-17)11(6-7-18-15)12-8-10(16)4-5-14(12)20-3/h4-8H,9,17H2,1-3H3. The summed E-state index contributed by atoms with van der Waals surface area (Å²) < 4.78 is 6.46. The fourth-order valence-electron chi connectivity index (χ4n) is 2.21. The van der Waals surface area contributed by atoms with Crippen molar-refractivity contribution in [2.45, 2.75) is 6.54 Å². The molecule has 0 saturated heterocycles. The highest BCUT2D eigenvalue weighted by molar-refractivity contribution is 9.10. The maximum atomic E-state index is 5.94. The fourth-order valence-corrected chi connectivity index (χ4v) is 2.57. The Morgan fingerprint density at radius 3 is 2.60 bits per heavy atom. The summed E-state index contributed by atoms with van der Waals surface area (Å²) in [5.74, 6) is 1.70. The molecule has 106 valence electrons. The van der Waals surface area contributed by atoms with E-state index in [2.05, 4.69) is 20.9 Å². The minimum atomic E-state index is 0.423. The van der Waals surface area contributed by atoms with Gasteiger partial charge in [-0.1, -0.05) is 15.9 Å². The first-order valence-corrected chi connectivity index (χ1v) is 7.07. The lowest BCUT2D eigenvalue weighted by Gasteiger charge is -2.19. The third-order valence-electron chi connectivity index (χ3n) is 3.11. The molecule has 0 aliphatic rings. The lowest BCUT2D eigenvalue weighted by Crippen LogP contribution is -2.15. The molecular formula is C15H18BrN3O. The number of halogens is 1. The Bertz CT molecular complexity index is 614. The molecule has 2 N–H and O–H groups in total. The van der Waals surface area contributed by atoms with Crippen LogP contribution < -0.4 is 15.4 Å². The number of hydrogen-bond donors (Lipinski definition) is 1. The first-order chi connectivity index (χ1) is 9.58. The van der Waals surface area contributed by atoms with E-state index >= 15 is 0 Å². The Morgan fingerprint density at radius 2 is 2.00 bits per heavy atom. The molecule has 2 rings (SSSR count). The minimum absolute atomic E-state index is 0.423. The zero-order valence-electron chi connectivity index (χ0n) is 11.9. The van der Waals surface area contributed by atoms with E-state index < -0.39 is 0 Å². The van der Waals surface area contributed by atoms with E-state index in [0.717, 1.165) is 32.7 Å². The van der Waals surface area contributed by atoms with E-state index in [4.69, 9.17) is 10.5 Å². The molecule has 0 amide bonds. The second-order valence-corrected chi connectivity index (χ2v) is 5.52. The van der Waals surface area contributed by atoms with Gasteiger partial charge in [0.1, 0.15) is 11.6 Å². The highest BCUT2D eigenvalue weighted by Gasteiger charge is 2.15. The molecule has 0 atom stereocenters. The molecule has 0 fully saturated rings. The van der Waals surface area contributed by atoms with Gasteiger partial charge < -0.3 is 15.4 Å². The SMILES string of the molecule is COc1ccc(Br)cc1-c1ccnc(N(C)C)c1CN. The van der Waals surface area contributed by atoms with E-state index in [9.17, 15) is 0 Å². The Hall–Kier alpha value is -1.59. The molecule has 0 aliphatic carbocycles. The van der Waals surface area contributed by atoms with E-state index in [-0.39, 0.29) is 0 Å². The zero-order chi connectivity index (χ0) is 14.7. The minimum Gasteiger partial charge on any atom is -0.496 e. The van der Waals surface area contributed by atoms with E-state index in [1.165, 1.54) is 0 Å². The first kappa shape index (κ1) is 14.8. The summed E-state index contributed by atoms with van der Waals surface area (Å²) in [6.07, 6.45) is 1.80. The predicted molar refractivity (Wildman–Crippen MR) is 86.1 cm³/mol. The number of hydrogen-bond acceptors (Lipinski definition) is 4. The predicted octanol–water partition coefficient (Wildman–Crippen LogP) is 3.04. The molecule has 1 heterocycles.